The number of rotatable bonds is 8. The zero-order valence-corrected chi connectivity index (χ0v) is 24.1. The molecule has 0 saturated heterocycles. The van der Waals surface area contributed by atoms with Gasteiger partial charge in [0.2, 0.25) is 0 Å². The molecule has 0 aliphatic rings. The SMILES string of the molecule is COc1ccc(C(C)C)cc1-c1ccc(C(F)(F)F)cc1C(C)OC(=O)NCc1cc(C(F)(F)F)cc(S(C)(=O)=O)c1. The van der Waals surface area contributed by atoms with E-state index in [0.717, 1.165) is 30.0 Å². The Kier molecular flexibility index (Phi) is 9.55. The van der Waals surface area contributed by atoms with E-state index in [1.165, 1.54) is 20.1 Å². The van der Waals surface area contributed by atoms with Crippen molar-refractivity contribution < 1.29 is 49.0 Å². The van der Waals surface area contributed by atoms with E-state index in [1.807, 2.05) is 19.9 Å². The van der Waals surface area contributed by atoms with Gasteiger partial charge in [-0.3, -0.25) is 0 Å². The normalized spacial score (nSPS) is 13.1. The second-order valence-electron chi connectivity index (χ2n) is 9.95. The highest BCUT2D eigenvalue weighted by atomic mass is 32.2. The lowest BCUT2D eigenvalue weighted by molar-refractivity contribution is -0.138. The lowest BCUT2D eigenvalue weighted by atomic mass is 9.91. The minimum Gasteiger partial charge on any atom is -0.496 e. The predicted molar refractivity (Wildman–Crippen MR) is 144 cm³/mol. The maximum Gasteiger partial charge on any atom is 0.416 e. The summed E-state index contributed by atoms with van der Waals surface area (Å²) < 4.78 is 115. The fourth-order valence-corrected chi connectivity index (χ4v) is 4.90. The van der Waals surface area contributed by atoms with Crippen molar-refractivity contribution in [1.29, 1.82) is 0 Å². The summed E-state index contributed by atoms with van der Waals surface area (Å²) in [6, 6.07) is 10.4. The highest BCUT2D eigenvalue weighted by Gasteiger charge is 2.33. The Balaban J connectivity index is 1.95. The van der Waals surface area contributed by atoms with Crippen LogP contribution in [0.4, 0.5) is 31.1 Å². The summed E-state index contributed by atoms with van der Waals surface area (Å²) in [5, 5.41) is 2.24. The molecule has 13 heteroatoms. The first-order chi connectivity index (χ1) is 19.3. The summed E-state index contributed by atoms with van der Waals surface area (Å²) in [7, 11) is -2.60. The molecule has 0 aliphatic heterocycles. The number of hydrogen-bond acceptors (Lipinski definition) is 5. The average Bonchev–Trinajstić information content (AvgIpc) is 2.89. The molecule has 0 aromatic heterocycles. The Morgan fingerprint density at radius 1 is 0.857 bits per heavy atom. The predicted octanol–water partition coefficient (Wildman–Crippen LogP) is 7.91. The van der Waals surface area contributed by atoms with Gasteiger partial charge in [0.25, 0.3) is 0 Å². The summed E-state index contributed by atoms with van der Waals surface area (Å²) in [6.07, 6.45) is -11.2. The van der Waals surface area contributed by atoms with E-state index in [0.29, 0.717) is 29.0 Å². The van der Waals surface area contributed by atoms with E-state index in [2.05, 4.69) is 5.32 Å². The topological polar surface area (TPSA) is 81.7 Å². The number of halogens is 6. The number of amides is 1. The smallest absolute Gasteiger partial charge is 0.416 e. The maximum absolute atomic E-state index is 13.6. The third-order valence-electron chi connectivity index (χ3n) is 6.44. The van der Waals surface area contributed by atoms with Crippen molar-refractivity contribution >= 4 is 15.9 Å². The summed E-state index contributed by atoms with van der Waals surface area (Å²) in [4.78, 5) is 12.0. The number of carbonyl (C=O) groups is 1. The number of carbonyl (C=O) groups excluding carboxylic acids is 1. The van der Waals surface area contributed by atoms with E-state index in [4.69, 9.17) is 9.47 Å². The van der Waals surface area contributed by atoms with Gasteiger partial charge < -0.3 is 14.8 Å². The molecule has 1 unspecified atom stereocenters. The number of alkyl halides is 6. The molecule has 42 heavy (non-hydrogen) atoms. The third-order valence-corrected chi connectivity index (χ3v) is 7.53. The number of hydrogen-bond donors (Lipinski definition) is 1. The summed E-state index contributed by atoms with van der Waals surface area (Å²) in [5.41, 5.74) is -0.692. The van der Waals surface area contributed by atoms with Crippen LogP contribution in [-0.4, -0.2) is 27.9 Å². The second-order valence-corrected chi connectivity index (χ2v) is 12.0. The van der Waals surface area contributed by atoms with Crippen LogP contribution >= 0.6 is 0 Å². The van der Waals surface area contributed by atoms with Crippen molar-refractivity contribution in [3.05, 3.63) is 82.4 Å². The van der Waals surface area contributed by atoms with E-state index in [1.54, 1.807) is 12.1 Å². The lowest BCUT2D eigenvalue weighted by Gasteiger charge is -2.22. The van der Waals surface area contributed by atoms with Gasteiger partial charge >= 0.3 is 18.4 Å². The number of methoxy groups -OCH3 is 1. The molecule has 6 nitrogen and oxygen atoms in total. The van der Waals surface area contributed by atoms with Gasteiger partial charge in [-0.2, -0.15) is 26.3 Å². The fraction of sp³-hybridized carbons (Fsp3) is 0.345. The first kappa shape index (κ1) is 32.8. The third kappa shape index (κ3) is 7.96. The Hall–Kier alpha value is -3.74. The average molecular weight is 618 g/mol. The molecule has 1 atom stereocenters. The van der Waals surface area contributed by atoms with Gasteiger partial charge in [0.1, 0.15) is 11.9 Å². The zero-order valence-electron chi connectivity index (χ0n) is 23.3. The molecule has 3 aromatic rings. The Labute approximate surface area is 239 Å². The molecule has 0 fully saturated rings. The number of sulfone groups is 1. The Morgan fingerprint density at radius 3 is 2.05 bits per heavy atom. The zero-order chi connectivity index (χ0) is 31.6. The standard InChI is InChI=1S/C29H29F6NO5S/c1-16(2)19-6-9-26(40-4)25(12-19)23-8-7-20(28(30,31)32)14-24(23)17(3)41-27(37)36-15-18-10-21(29(33,34)35)13-22(11-18)42(5,38)39/h6-14,16-17H,15H2,1-5H3,(H,36,37). The van der Waals surface area contributed by atoms with Crippen LogP contribution < -0.4 is 10.1 Å². The molecule has 3 aromatic carbocycles. The van der Waals surface area contributed by atoms with Crippen LogP contribution in [0.3, 0.4) is 0 Å². The number of alkyl carbamates (subject to hydrolysis) is 1. The molecular formula is C29H29F6NO5S. The van der Waals surface area contributed by atoms with Crippen LogP contribution in [0, 0.1) is 0 Å². The second kappa shape index (κ2) is 12.2. The van der Waals surface area contributed by atoms with E-state index in [-0.39, 0.29) is 17.0 Å². The van der Waals surface area contributed by atoms with Crippen LogP contribution in [-0.2, 0) is 33.5 Å². The largest absolute Gasteiger partial charge is 0.496 e. The van der Waals surface area contributed by atoms with Crippen molar-refractivity contribution in [2.24, 2.45) is 0 Å². The number of nitrogens with one attached hydrogen (secondary N) is 1. The highest BCUT2D eigenvalue weighted by molar-refractivity contribution is 7.90. The summed E-state index contributed by atoms with van der Waals surface area (Å²) in [5.74, 6) is 0.467. The quantitative estimate of drug-likeness (QED) is 0.260. The molecule has 0 radical (unpaired) electrons. The molecule has 0 aliphatic carbocycles. The van der Waals surface area contributed by atoms with Crippen LogP contribution in [0.15, 0.2) is 59.5 Å². The minimum absolute atomic E-state index is 0.0117. The van der Waals surface area contributed by atoms with Crippen LogP contribution in [0.2, 0.25) is 0 Å². The lowest BCUT2D eigenvalue weighted by Crippen LogP contribution is -2.25. The summed E-state index contributed by atoms with van der Waals surface area (Å²) >= 11 is 0. The minimum atomic E-state index is -4.85. The Morgan fingerprint density at radius 2 is 1.50 bits per heavy atom. The van der Waals surface area contributed by atoms with E-state index in [9.17, 15) is 39.6 Å². The van der Waals surface area contributed by atoms with E-state index >= 15 is 0 Å². The van der Waals surface area contributed by atoms with E-state index < -0.39 is 57.0 Å². The van der Waals surface area contributed by atoms with Gasteiger partial charge in [-0.25, -0.2) is 13.2 Å². The number of ether oxygens (including phenoxy) is 2. The van der Waals surface area contributed by atoms with Gasteiger partial charge in [0.15, 0.2) is 9.84 Å². The molecule has 0 bridgehead atoms. The summed E-state index contributed by atoms with van der Waals surface area (Å²) in [6.45, 7) is 4.69. The van der Waals surface area contributed by atoms with Crippen molar-refractivity contribution in [3.8, 4) is 16.9 Å². The van der Waals surface area contributed by atoms with Crippen molar-refractivity contribution in [3.63, 3.8) is 0 Å². The van der Waals surface area contributed by atoms with Crippen LogP contribution in [0.1, 0.15) is 60.6 Å². The first-order valence-electron chi connectivity index (χ1n) is 12.6. The molecule has 0 spiro atoms. The maximum atomic E-state index is 13.6. The Bertz CT molecular complexity index is 1570. The molecule has 228 valence electrons. The van der Waals surface area contributed by atoms with Gasteiger partial charge in [-0.05, 0) is 72.0 Å². The number of benzene rings is 3. The van der Waals surface area contributed by atoms with Crippen LogP contribution in [0.5, 0.6) is 5.75 Å². The van der Waals surface area contributed by atoms with Gasteiger partial charge in [0.05, 0.1) is 23.1 Å². The van der Waals surface area contributed by atoms with Crippen molar-refractivity contribution in [2.45, 2.75) is 56.6 Å². The molecule has 0 saturated carbocycles. The van der Waals surface area contributed by atoms with Gasteiger partial charge in [-0.15, -0.1) is 0 Å². The first-order valence-corrected chi connectivity index (χ1v) is 14.5. The molecule has 1 N–H and O–H groups in total. The van der Waals surface area contributed by atoms with Gasteiger partial charge in [0, 0.05) is 23.9 Å². The monoisotopic (exact) mass is 617 g/mol. The van der Waals surface area contributed by atoms with Crippen LogP contribution in [0.25, 0.3) is 11.1 Å². The molecular weight excluding hydrogens is 588 g/mol. The highest BCUT2D eigenvalue weighted by Crippen LogP contribution is 2.41. The fourth-order valence-electron chi connectivity index (χ4n) is 4.20. The van der Waals surface area contributed by atoms with Gasteiger partial charge in [-0.1, -0.05) is 26.0 Å². The molecule has 3 rings (SSSR count). The molecule has 0 heterocycles. The van der Waals surface area contributed by atoms with Crippen molar-refractivity contribution in [1.82, 2.24) is 5.32 Å². The molecule has 1 amide bonds. The van der Waals surface area contributed by atoms with Crippen molar-refractivity contribution in [2.75, 3.05) is 13.4 Å².